The summed E-state index contributed by atoms with van der Waals surface area (Å²) in [7, 11) is 0. The van der Waals surface area contributed by atoms with E-state index >= 15 is 0 Å². The first kappa shape index (κ1) is 14.5. The smallest absolute Gasteiger partial charge is 0.136 e. The Morgan fingerprint density at radius 1 is 0.900 bits per heavy atom. The Kier molecular flexibility index (Phi) is 4.39. The Labute approximate surface area is 114 Å². The summed E-state index contributed by atoms with van der Waals surface area (Å²) in [5.74, 6) is -3.50. The molecule has 5 heteroatoms. The minimum Gasteiger partial charge on any atom is -0.313 e. The summed E-state index contributed by atoms with van der Waals surface area (Å²) in [6.45, 7) is 2.75. The zero-order valence-corrected chi connectivity index (χ0v) is 10.8. The number of hydrogen-bond donors (Lipinski definition) is 1. The molecule has 0 radical (unpaired) electrons. The SMILES string of the molecule is CCNCc1cc(F)ccc1-c1c(F)cc(F)cc1F. The summed E-state index contributed by atoms with van der Waals surface area (Å²) in [5.41, 5.74) is 0.276. The summed E-state index contributed by atoms with van der Waals surface area (Å²) >= 11 is 0. The molecule has 1 nitrogen and oxygen atoms in total. The highest BCUT2D eigenvalue weighted by Gasteiger charge is 2.17. The zero-order chi connectivity index (χ0) is 14.7. The third-order valence-corrected chi connectivity index (χ3v) is 2.91. The molecule has 1 N–H and O–H groups in total. The molecule has 0 saturated carbocycles. The van der Waals surface area contributed by atoms with Crippen molar-refractivity contribution in [2.45, 2.75) is 13.5 Å². The molecular weight excluding hydrogens is 270 g/mol. The second kappa shape index (κ2) is 6.05. The fourth-order valence-electron chi connectivity index (χ4n) is 2.01. The van der Waals surface area contributed by atoms with E-state index in [-0.39, 0.29) is 17.7 Å². The van der Waals surface area contributed by atoms with E-state index in [4.69, 9.17) is 0 Å². The van der Waals surface area contributed by atoms with Crippen molar-refractivity contribution in [3.63, 3.8) is 0 Å². The van der Waals surface area contributed by atoms with Crippen LogP contribution in [0.4, 0.5) is 17.6 Å². The number of halogens is 4. The molecule has 0 saturated heterocycles. The van der Waals surface area contributed by atoms with Crippen LogP contribution in [0.2, 0.25) is 0 Å². The minimum atomic E-state index is -1.01. The van der Waals surface area contributed by atoms with E-state index in [1.54, 1.807) is 0 Å². The number of benzene rings is 2. The van der Waals surface area contributed by atoms with Gasteiger partial charge in [0.1, 0.15) is 23.3 Å². The van der Waals surface area contributed by atoms with Gasteiger partial charge in [-0.1, -0.05) is 13.0 Å². The maximum absolute atomic E-state index is 13.8. The highest BCUT2D eigenvalue weighted by Crippen LogP contribution is 2.30. The number of hydrogen-bond acceptors (Lipinski definition) is 1. The molecule has 2 rings (SSSR count). The lowest BCUT2D eigenvalue weighted by Gasteiger charge is -2.12. The van der Waals surface area contributed by atoms with Gasteiger partial charge in [0, 0.05) is 18.7 Å². The largest absolute Gasteiger partial charge is 0.313 e. The highest BCUT2D eigenvalue weighted by molar-refractivity contribution is 5.68. The second-order valence-corrected chi connectivity index (χ2v) is 4.33. The van der Waals surface area contributed by atoms with Crippen molar-refractivity contribution in [1.29, 1.82) is 0 Å². The Balaban J connectivity index is 2.57. The van der Waals surface area contributed by atoms with Crippen LogP contribution < -0.4 is 5.32 Å². The van der Waals surface area contributed by atoms with Crippen LogP contribution in [0.3, 0.4) is 0 Å². The van der Waals surface area contributed by atoms with E-state index < -0.39 is 23.3 Å². The molecule has 0 fully saturated rings. The van der Waals surface area contributed by atoms with E-state index in [1.165, 1.54) is 12.1 Å². The van der Waals surface area contributed by atoms with Crippen LogP contribution in [0.25, 0.3) is 11.1 Å². The van der Waals surface area contributed by atoms with Crippen molar-refractivity contribution in [3.05, 3.63) is 59.2 Å². The van der Waals surface area contributed by atoms with Crippen LogP contribution in [0.1, 0.15) is 12.5 Å². The lowest BCUT2D eigenvalue weighted by molar-refractivity contribution is 0.547. The van der Waals surface area contributed by atoms with Crippen molar-refractivity contribution >= 4 is 0 Å². The summed E-state index contributed by atoms with van der Waals surface area (Å²) in [6.07, 6.45) is 0. The van der Waals surface area contributed by atoms with Gasteiger partial charge in [-0.2, -0.15) is 0 Å². The Hall–Kier alpha value is -1.88. The summed E-state index contributed by atoms with van der Waals surface area (Å²) in [5, 5.41) is 2.97. The molecule has 0 bridgehead atoms. The molecule has 0 heterocycles. The van der Waals surface area contributed by atoms with Gasteiger partial charge in [-0.25, -0.2) is 17.6 Å². The summed E-state index contributed by atoms with van der Waals surface area (Å²) in [6, 6.07) is 4.84. The molecule has 0 amide bonds. The Morgan fingerprint density at radius 2 is 1.55 bits per heavy atom. The maximum atomic E-state index is 13.8. The molecule has 0 aliphatic carbocycles. The molecule has 0 atom stereocenters. The standard InChI is InChI=1S/C15H13F4N/c1-2-20-8-9-5-10(16)3-4-12(9)15-13(18)6-11(17)7-14(15)19/h3-7,20H,2,8H2,1H3. The van der Waals surface area contributed by atoms with Gasteiger partial charge in [0.2, 0.25) is 0 Å². The van der Waals surface area contributed by atoms with Gasteiger partial charge < -0.3 is 5.32 Å². The van der Waals surface area contributed by atoms with Crippen LogP contribution in [0.15, 0.2) is 30.3 Å². The molecule has 2 aromatic carbocycles. The normalized spacial score (nSPS) is 10.8. The van der Waals surface area contributed by atoms with E-state index in [0.717, 1.165) is 6.07 Å². The number of rotatable bonds is 4. The van der Waals surface area contributed by atoms with Crippen molar-refractivity contribution in [1.82, 2.24) is 5.32 Å². The predicted molar refractivity (Wildman–Crippen MR) is 69.1 cm³/mol. The fourth-order valence-corrected chi connectivity index (χ4v) is 2.01. The van der Waals surface area contributed by atoms with Gasteiger partial charge in [-0.05, 0) is 29.8 Å². The van der Waals surface area contributed by atoms with E-state index in [1.807, 2.05) is 6.92 Å². The molecule has 0 unspecified atom stereocenters. The van der Waals surface area contributed by atoms with Gasteiger partial charge in [0.15, 0.2) is 0 Å². The molecule has 106 valence electrons. The quantitative estimate of drug-likeness (QED) is 0.836. The van der Waals surface area contributed by atoms with E-state index in [0.29, 0.717) is 24.2 Å². The zero-order valence-electron chi connectivity index (χ0n) is 10.8. The third-order valence-electron chi connectivity index (χ3n) is 2.91. The first-order valence-electron chi connectivity index (χ1n) is 6.17. The van der Waals surface area contributed by atoms with Crippen LogP contribution in [-0.2, 0) is 6.54 Å². The first-order chi connectivity index (χ1) is 9.52. The van der Waals surface area contributed by atoms with Crippen LogP contribution in [-0.4, -0.2) is 6.54 Å². The van der Waals surface area contributed by atoms with Crippen molar-refractivity contribution < 1.29 is 17.6 Å². The molecule has 0 spiro atoms. The van der Waals surface area contributed by atoms with Crippen LogP contribution in [0.5, 0.6) is 0 Å². The van der Waals surface area contributed by atoms with E-state index in [9.17, 15) is 17.6 Å². The molecule has 20 heavy (non-hydrogen) atoms. The van der Waals surface area contributed by atoms with Crippen molar-refractivity contribution in [3.8, 4) is 11.1 Å². The topological polar surface area (TPSA) is 12.0 Å². The van der Waals surface area contributed by atoms with Crippen molar-refractivity contribution in [2.24, 2.45) is 0 Å². The average molecular weight is 283 g/mol. The van der Waals surface area contributed by atoms with E-state index in [2.05, 4.69) is 5.32 Å². The van der Waals surface area contributed by atoms with Crippen molar-refractivity contribution in [2.75, 3.05) is 6.54 Å². The molecular formula is C15H13F4N. The minimum absolute atomic E-state index is 0.211. The lowest BCUT2D eigenvalue weighted by Crippen LogP contribution is -2.13. The molecule has 0 aliphatic rings. The molecule has 0 aromatic heterocycles. The third kappa shape index (κ3) is 2.99. The Morgan fingerprint density at radius 3 is 2.15 bits per heavy atom. The predicted octanol–water partition coefficient (Wildman–Crippen LogP) is 4.02. The molecule has 0 aliphatic heterocycles. The molecule has 2 aromatic rings. The lowest BCUT2D eigenvalue weighted by atomic mass is 9.98. The average Bonchev–Trinajstić information content (AvgIpc) is 2.37. The maximum Gasteiger partial charge on any atom is 0.136 e. The van der Waals surface area contributed by atoms with Crippen LogP contribution in [0, 0.1) is 23.3 Å². The monoisotopic (exact) mass is 283 g/mol. The summed E-state index contributed by atoms with van der Waals surface area (Å²) in [4.78, 5) is 0. The van der Waals surface area contributed by atoms with Gasteiger partial charge in [-0.15, -0.1) is 0 Å². The highest BCUT2D eigenvalue weighted by atomic mass is 19.1. The first-order valence-corrected chi connectivity index (χ1v) is 6.17. The van der Waals surface area contributed by atoms with Gasteiger partial charge in [-0.3, -0.25) is 0 Å². The fraction of sp³-hybridized carbons (Fsp3) is 0.200. The van der Waals surface area contributed by atoms with Gasteiger partial charge >= 0.3 is 0 Å². The summed E-state index contributed by atoms with van der Waals surface area (Å²) < 4.78 is 53.8. The Bertz CT molecular complexity index is 602. The van der Waals surface area contributed by atoms with Gasteiger partial charge in [0.25, 0.3) is 0 Å². The van der Waals surface area contributed by atoms with Crippen LogP contribution >= 0.6 is 0 Å². The van der Waals surface area contributed by atoms with Gasteiger partial charge in [0.05, 0.1) is 5.56 Å². The number of nitrogens with one attached hydrogen (secondary N) is 1. The second-order valence-electron chi connectivity index (χ2n) is 4.33.